The van der Waals surface area contributed by atoms with Crippen LogP contribution in [0.4, 0.5) is 5.95 Å². The summed E-state index contributed by atoms with van der Waals surface area (Å²) in [6.07, 6.45) is 5.83. The van der Waals surface area contributed by atoms with Gasteiger partial charge in [0.15, 0.2) is 5.65 Å². The zero-order chi connectivity index (χ0) is 16.7. The summed E-state index contributed by atoms with van der Waals surface area (Å²) in [6, 6.07) is 5.72. The Kier molecular flexibility index (Phi) is 3.27. The van der Waals surface area contributed by atoms with Gasteiger partial charge in [-0.2, -0.15) is 15.3 Å². The van der Waals surface area contributed by atoms with Crippen molar-refractivity contribution in [3.05, 3.63) is 46.6 Å². The second kappa shape index (κ2) is 5.45. The molecule has 3 aromatic rings. The molecule has 0 spiro atoms. The van der Waals surface area contributed by atoms with Crippen LogP contribution >= 0.6 is 0 Å². The first kappa shape index (κ1) is 14.4. The fourth-order valence-corrected chi connectivity index (χ4v) is 3.11. The van der Waals surface area contributed by atoms with Crippen molar-refractivity contribution in [2.45, 2.75) is 12.5 Å². The molecule has 0 amide bonds. The van der Waals surface area contributed by atoms with Gasteiger partial charge in [0, 0.05) is 32.5 Å². The number of pyridine rings is 1. The van der Waals surface area contributed by atoms with Crippen LogP contribution in [0.2, 0.25) is 0 Å². The third-order valence-corrected chi connectivity index (χ3v) is 4.38. The van der Waals surface area contributed by atoms with Crippen molar-refractivity contribution in [1.29, 1.82) is 5.26 Å². The van der Waals surface area contributed by atoms with Crippen LogP contribution in [0.5, 0.6) is 0 Å². The molecule has 8 heteroatoms. The van der Waals surface area contributed by atoms with Crippen molar-refractivity contribution >= 4 is 17.0 Å². The Balaban J connectivity index is 1.68. The molecule has 1 saturated heterocycles. The average Bonchev–Trinajstić information content (AvgIpc) is 3.27. The zero-order valence-electron chi connectivity index (χ0n) is 13.1. The molecule has 120 valence electrons. The van der Waals surface area contributed by atoms with E-state index in [2.05, 4.69) is 26.0 Å². The molecule has 0 bridgehead atoms. The van der Waals surface area contributed by atoms with E-state index in [1.165, 1.54) is 0 Å². The molecule has 8 nitrogen and oxygen atoms in total. The van der Waals surface area contributed by atoms with Crippen LogP contribution in [0.1, 0.15) is 18.0 Å². The average molecular weight is 321 g/mol. The van der Waals surface area contributed by atoms with Crippen LogP contribution in [0, 0.1) is 11.3 Å². The number of nitriles is 1. The van der Waals surface area contributed by atoms with Gasteiger partial charge in [-0.25, -0.2) is 4.98 Å². The lowest BCUT2D eigenvalue weighted by molar-refractivity contribution is 0.494. The summed E-state index contributed by atoms with van der Waals surface area (Å²) in [5, 5.41) is 13.7. The molecule has 1 unspecified atom stereocenters. The topological polar surface area (TPSA) is 92.6 Å². The van der Waals surface area contributed by atoms with Gasteiger partial charge < -0.3 is 4.90 Å². The zero-order valence-corrected chi connectivity index (χ0v) is 13.1. The quantitative estimate of drug-likeness (QED) is 0.694. The van der Waals surface area contributed by atoms with E-state index in [-0.39, 0.29) is 11.6 Å². The molecule has 4 heterocycles. The summed E-state index contributed by atoms with van der Waals surface area (Å²) in [7, 11) is 1.73. The number of rotatable bonds is 2. The maximum absolute atomic E-state index is 12.5. The molecule has 1 fully saturated rings. The fourth-order valence-electron chi connectivity index (χ4n) is 3.11. The van der Waals surface area contributed by atoms with Crippen molar-refractivity contribution in [1.82, 2.24) is 24.3 Å². The summed E-state index contributed by atoms with van der Waals surface area (Å²) in [5.74, 6) is 0.612. The number of hydrogen-bond acceptors (Lipinski definition) is 6. The van der Waals surface area contributed by atoms with E-state index in [4.69, 9.17) is 5.26 Å². The van der Waals surface area contributed by atoms with E-state index in [0.717, 1.165) is 13.0 Å². The van der Waals surface area contributed by atoms with Gasteiger partial charge in [-0.3, -0.25) is 14.0 Å². The van der Waals surface area contributed by atoms with Crippen LogP contribution < -0.4 is 10.5 Å². The summed E-state index contributed by atoms with van der Waals surface area (Å²) < 4.78 is 3.38. The Morgan fingerprint density at radius 3 is 3.08 bits per heavy atom. The molecule has 1 atom stereocenters. The molecule has 24 heavy (non-hydrogen) atoms. The van der Waals surface area contributed by atoms with Crippen LogP contribution in [0.3, 0.4) is 0 Å². The van der Waals surface area contributed by atoms with Gasteiger partial charge >= 0.3 is 0 Å². The largest absolute Gasteiger partial charge is 0.340 e. The molecule has 3 aromatic heterocycles. The molecule has 0 saturated carbocycles. The van der Waals surface area contributed by atoms with E-state index in [0.29, 0.717) is 29.1 Å². The number of fused-ring (bicyclic) bond motifs is 1. The number of nitrogens with zero attached hydrogens (tertiary/aromatic N) is 7. The minimum atomic E-state index is -0.0996. The molecule has 0 radical (unpaired) electrons. The minimum Gasteiger partial charge on any atom is -0.340 e. The molecular weight excluding hydrogens is 306 g/mol. The van der Waals surface area contributed by atoms with E-state index in [9.17, 15) is 4.79 Å². The Morgan fingerprint density at radius 1 is 1.42 bits per heavy atom. The second-order valence-corrected chi connectivity index (χ2v) is 5.86. The maximum Gasteiger partial charge on any atom is 0.264 e. The summed E-state index contributed by atoms with van der Waals surface area (Å²) >= 11 is 0. The third kappa shape index (κ3) is 2.22. The standard InChI is InChI=1S/C16H15N7O/c1-21-15(24)13-3-2-5-18-14(13)20-16(21)22-6-4-12(10-22)23-9-11(7-17)8-19-23/h2-3,5,8-9,12H,4,6,10H2,1H3. The molecule has 0 N–H and O–H groups in total. The lowest BCUT2D eigenvalue weighted by Gasteiger charge is -2.20. The van der Waals surface area contributed by atoms with Gasteiger partial charge in [0.25, 0.3) is 5.56 Å². The van der Waals surface area contributed by atoms with E-state index < -0.39 is 0 Å². The normalized spacial score (nSPS) is 17.3. The van der Waals surface area contributed by atoms with Crippen molar-refractivity contribution < 1.29 is 0 Å². The highest BCUT2D eigenvalue weighted by atomic mass is 16.1. The first-order valence-corrected chi connectivity index (χ1v) is 7.68. The molecule has 1 aliphatic heterocycles. The Hall–Kier alpha value is -3.21. The van der Waals surface area contributed by atoms with Crippen LogP contribution in [-0.2, 0) is 7.05 Å². The van der Waals surface area contributed by atoms with Gasteiger partial charge in [-0.05, 0) is 18.6 Å². The number of aromatic nitrogens is 5. The first-order chi connectivity index (χ1) is 11.7. The van der Waals surface area contributed by atoms with Crippen LogP contribution in [-0.4, -0.2) is 37.4 Å². The Morgan fingerprint density at radius 2 is 2.29 bits per heavy atom. The fraction of sp³-hybridized carbons (Fsp3) is 0.312. The van der Waals surface area contributed by atoms with Gasteiger partial charge in [0.1, 0.15) is 6.07 Å². The highest BCUT2D eigenvalue weighted by Crippen LogP contribution is 2.25. The molecule has 0 aromatic carbocycles. The van der Waals surface area contributed by atoms with Gasteiger partial charge in [0.2, 0.25) is 5.95 Å². The van der Waals surface area contributed by atoms with Crippen LogP contribution in [0.25, 0.3) is 11.0 Å². The third-order valence-electron chi connectivity index (χ3n) is 4.38. The van der Waals surface area contributed by atoms with Gasteiger partial charge in [-0.1, -0.05) is 0 Å². The number of hydrogen-bond donors (Lipinski definition) is 0. The van der Waals surface area contributed by atoms with Crippen LogP contribution in [0.15, 0.2) is 35.5 Å². The van der Waals surface area contributed by atoms with E-state index in [1.54, 1.807) is 42.3 Å². The highest BCUT2D eigenvalue weighted by Gasteiger charge is 2.27. The second-order valence-electron chi connectivity index (χ2n) is 5.86. The van der Waals surface area contributed by atoms with Crippen molar-refractivity contribution in [2.75, 3.05) is 18.0 Å². The summed E-state index contributed by atoms with van der Waals surface area (Å²) in [5.41, 5.74) is 0.913. The minimum absolute atomic E-state index is 0.0996. The molecule has 0 aliphatic carbocycles. The SMILES string of the molecule is Cn1c(N2CCC(n3cc(C#N)cn3)C2)nc2ncccc2c1=O. The molecule has 4 rings (SSSR count). The predicted molar refractivity (Wildman–Crippen MR) is 87.6 cm³/mol. The van der Waals surface area contributed by atoms with E-state index >= 15 is 0 Å². The lowest BCUT2D eigenvalue weighted by atomic mass is 10.3. The predicted octanol–water partition coefficient (Wildman–Crippen LogP) is 0.848. The Labute approximate surface area is 137 Å². The van der Waals surface area contributed by atoms with Crippen molar-refractivity contribution in [2.24, 2.45) is 7.05 Å². The summed E-state index contributed by atoms with van der Waals surface area (Å²) in [4.78, 5) is 23.3. The van der Waals surface area contributed by atoms with Crippen molar-refractivity contribution in [3.8, 4) is 6.07 Å². The smallest absolute Gasteiger partial charge is 0.264 e. The maximum atomic E-state index is 12.5. The molecule has 1 aliphatic rings. The van der Waals surface area contributed by atoms with E-state index in [1.807, 2.05) is 4.68 Å². The van der Waals surface area contributed by atoms with Gasteiger partial charge in [-0.15, -0.1) is 0 Å². The van der Waals surface area contributed by atoms with Crippen molar-refractivity contribution in [3.63, 3.8) is 0 Å². The number of anilines is 1. The monoisotopic (exact) mass is 321 g/mol. The Bertz CT molecular complexity index is 1010. The first-order valence-electron chi connectivity index (χ1n) is 7.68. The summed E-state index contributed by atoms with van der Waals surface area (Å²) in [6.45, 7) is 1.45. The molecular formula is C16H15N7O. The van der Waals surface area contributed by atoms with Gasteiger partial charge in [0.05, 0.1) is 23.2 Å². The highest BCUT2D eigenvalue weighted by molar-refractivity contribution is 5.74. The lowest BCUT2D eigenvalue weighted by Crippen LogP contribution is -2.30.